The molecule has 0 saturated carbocycles. The van der Waals surface area contributed by atoms with E-state index in [-0.39, 0.29) is 5.91 Å². The average molecular weight is 211 g/mol. The van der Waals surface area contributed by atoms with E-state index in [4.69, 9.17) is 0 Å². The van der Waals surface area contributed by atoms with Crippen molar-refractivity contribution in [2.24, 2.45) is 5.92 Å². The number of unbranched alkanes of at least 4 members (excludes halogenated alkanes) is 1. The van der Waals surface area contributed by atoms with Gasteiger partial charge in [0.25, 0.3) is 0 Å². The van der Waals surface area contributed by atoms with Crippen molar-refractivity contribution in [2.45, 2.75) is 46.5 Å². The summed E-state index contributed by atoms with van der Waals surface area (Å²) in [6.07, 6.45) is 6.29. The minimum Gasteiger partial charge on any atom is -0.339 e. The van der Waals surface area contributed by atoms with Gasteiger partial charge in [-0.25, -0.2) is 0 Å². The van der Waals surface area contributed by atoms with Crippen LogP contribution in [0.2, 0.25) is 0 Å². The molecule has 0 aliphatic heterocycles. The molecule has 1 amide bonds. The number of hydrogen-bond acceptors (Lipinski definition) is 1. The lowest BCUT2D eigenvalue weighted by Crippen LogP contribution is -2.33. The second-order valence-electron chi connectivity index (χ2n) is 4.00. The SMILES string of the molecule is C=CC(=O)N(CC)CC(CC)CCCC. The second kappa shape index (κ2) is 8.51. The smallest absolute Gasteiger partial charge is 0.245 e. The van der Waals surface area contributed by atoms with E-state index in [9.17, 15) is 4.79 Å². The maximum absolute atomic E-state index is 11.5. The Morgan fingerprint density at radius 3 is 2.47 bits per heavy atom. The molecule has 0 rings (SSSR count). The van der Waals surface area contributed by atoms with Crippen molar-refractivity contribution in [3.05, 3.63) is 12.7 Å². The standard InChI is InChI=1S/C13H25NO/c1-5-9-10-12(6-2)11-14(8-4)13(15)7-3/h7,12H,3,5-6,8-11H2,1-2,4H3. The Labute approximate surface area is 94.4 Å². The Hall–Kier alpha value is -0.790. The van der Waals surface area contributed by atoms with Crippen LogP contribution in [0.15, 0.2) is 12.7 Å². The molecule has 2 heteroatoms. The summed E-state index contributed by atoms with van der Waals surface area (Å²) >= 11 is 0. The third kappa shape index (κ3) is 5.60. The molecule has 0 aromatic heterocycles. The van der Waals surface area contributed by atoms with Crippen molar-refractivity contribution >= 4 is 5.91 Å². The summed E-state index contributed by atoms with van der Waals surface area (Å²) in [4.78, 5) is 13.4. The highest BCUT2D eigenvalue weighted by Gasteiger charge is 2.13. The van der Waals surface area contributed by atoms with Crippen LogP contribution < -0.4 is 0 Å². The maximum atomic E-state index is 11.5. The fraction of sp³-hybridized carbons (Fsp3) is 0.769. The summed E-state index contributed by atoms with van der Waals surface area (Å²) < 4.78 is 0. The van der Waals surface area contributed by atoms with Gasteiger partial charge < -0.3 is 4.90 Å². The lowest BCUT2D eigenvalue weighted by Gasteiger charge is -2.24. The number of carbonyl (C=O) groups excluding carboxylic acids is 1. The minimum atomic E-state index is 0.0625. The number of likely N-dealkylation sites (N-methyl/N-ethyl adjacent to an activating group) is 1. The highest BCUT2D eigenvalue weighted by atomic mass is 16.2. The Bertz CT molecular complexity index is 189. The Morgan fingerprint density at radius 1 is 1.40 bits per heavy atom. The molecule has 0 fully saturated rings. The van der Waals surface area contributed by atoms with Gasteiger partial charge in [0.15, 0.2) is 0 Å². The van der Waals surface area contributed by atoms with Crippen LogP contribution in [0.1, 0.15) is 46.5 Å². The topological polar surface area (TPSA) is 20.3 Å². The van der Waals surface area contributed by atoms with Crippen LogP contribution >= 0.6 is 0 Å². The van der Waals surface area contributed by atoms with E-state index in [1.54, 1.807) is 0 Å². The van der Waals surface area contributed by atoms with Gasteiger partial charge in [0.05, 0.1) is 0 Å². The molecule has 0 saturated heterocycles. The zero-order chi connectivity index (χ0) is 11.7. The minimum absolute atomic E-state index is 0.0625. The molecule has 0 bridgehead atoms. The molecule has 2 nitrogen and oxygen atoms in total. The molecule has 1 unspecified atom stereocenters. The summed E-state index contributed by atoms with van der Waals surface area (Å²) in [7, 11) is 0. The van der Waals surface area contributed by atoms with Gasteiger partial charge in [-0.1, -0.05) is 39.7 Å². The van der Waals surface area contributed by atoms with Gasteiger partial charge in [0, 0.05) is 13.1 Å². The van der Waals surface area contributed by atoms with E-state index < -0.39 is 0 Å². The van der Waals surface area contributed by atoms with Crippen molar-refractivity contribution < 1.29 is 4.79 Å². The summed E-state index contributed by atoms with van der Waals surface area (Å²) in [5, 5.41) is 0. The molecule has 0 N–H and O–H groups in total. The number of nitrogens with zero attached hydrogens (tertiary/aromatic N) is 1. The van der Waals surface area contributed by atoms with E-state index in [2.05, 4.69) is 20.4 Å². The summed E-state index contributed by atoms with van der Waals surface area (Å²) in [6, 6.07) is 0. The van der Waals surface area contributed by atoms with Crippen LogP contribution in [0.5, 0.6) is 0 Å². The van der Waals surface area contributed by atoms with Crippen molar-refractivity contribution in [3.63, 3.8) is 0 Å². The predicted octanol–water partition coefficient (Wildman–Crippen LogP) is 3.24. The van der Waals surface area contributed by atoms with Crippen LogP contribution in [0.3, 0.4) is 0 Å². The van der Waals surface area contributed by atoms with Gasteiger partial charge in [-0.05, 0) is 25.3 Å². The van der Waals surface area contributed by atoms with Crippen LogP contribution in [0.4, 0.5) is 0 Å². The van der Waals surface area contributed by atoms with Gasteiger partial charge in [0.1, 0.15) is 0 Å². The summed E-state index contributed by atoms with van der Waals surface area (Å²) in [6.45, 7) is 11.6. The van der Waals surface area contributed by atoms with Crippen LogP contribution in [0, 0.1) is 5.92 Å². The van der Waals surface area contributed by atoms with Crippen LogP contribution in [0.25, 0.3) is 0 Å². The highest BCUT2D eigenvalue weighted by molar-refractivity contribution is 5.86. The molecule has 0 radical (unpaired) electrons. The molecule has 0 aliphatic rings. The van der Waals surface area contributed by atoms with Gasteiger partial charge in [-0.15, -0.1) is 0 Å². The van der Waals surface area contributed by atoms with E-state index in [0.29, 0.717) is 5.92 Å². The highest BCUT2D eigenvalue weighted by Crippen LogP contribution is 2.14. The van der Waals surface area contributed by atoms with Gasteiger partial charge in [-0.3, -0.25) is 4.79 Å². The second-order valence-corrected chi connectivity index (χ2v) is 4.00. The largest absolute Gasteiger partial charge is 0.339 e. The first-order valence-corrected chi connectivity index (χ1v) is 6.10. The first-order valence-electron chi connectivity index (χ1n) is 6.10. The molecule has 88 valence electrons. The van der Waals surface area contributed by atoms with Gasteiger partial charge >= 0.3 is 0 Å². The molecule has 0 heterocycles. The van der Waals surface area contributed by atoms with E-state index >= 15 is 0 Å². The lowest BCUT2D eigenvalue weighted by molar-refractivity contribution is -0.126. The molecule has 1 atom stereocenters. The number of hydrogen-bond donors (Lipinski definition) is 0. The summed E-state index contributed by atoms with van der Waals surface area (Å²) in [5.41, 5.74) is 0. The quantitative estimate of drug-likeness (QED) is 0.564. The fourth-order valence-corrected chi connectivity index (χ4v) is 1.73. The number of carbonyl (C=O) groups is 1. The molecule has 0 aromatic rings. The van der Waals surface area contributed by atoms with Gasteiger partial charge in [-0.2, -0.15) is 0 Å². The monoisotopic (exact) mass is 211 g/mol. The van der Waals surface area contributed by atoms with Gasteiger partial charge in [0.2, 0.25) is 5.91 Å². The van der Waals surface area contributed by atoms with Crippen LogP contribution in [-0.4, -0.2) is 23.9 Å². The molecule has 0 aliphatic carbocycles. The van der Waals surface area contributed by atoms with Crippen LogP contribution in [-0.2, 0) is 4.79 Å². The predicted molar refractivity (Wildman–Crippen MR) is 65.8 cm³/mol. The molecular weight excluding hydrogens is 186 g/mol. The zero-order valence-corrected chi connectivity index (χ0v) is 10.5. The number of amides is 1. The van der Waals surface area contributed by atoms with Crippen molar-refractivity contribution in [2.75, 3.05) is 13.1 Å². The third-order valence-corrected chi connectivity index (χ3v) is 2.89. The number of rotatable bonds is 8. The summed E-state index contributed by atoms with van der Waals surface area (Å²) in [5.74, 6) is 0.709. The molecular formula is C13H25NO. The molecule has 0 aromatic carbocycles. The first-order chi connectivity index (χ1) is 7.19. The van der Waals surface area contributed by atoms with Crippen molar-refractivity contribution in [3.8, 4) is 0 Å². The van der Waals surface area contributed by atoms with Crippen molar-refractivity contribution in [1.82, 2.24) is 4.90 Å². The lowest BCUT2D eigenvalue weighted by atomic mass is 9.98. The normalized spacial score (nSPS) is 12.2. The zero-order valence-electron chi connectivity index (χ0n) is 10.5. The van der Waals surface area contributed by atoms with Crippen molar-refractivity contribution in [1.29, 1.82) is 0 Å². The average Bonchev–Trinajstić information content (AvgIpc) is 2.28. The fourth-order valence-electron chi connectivity index (χ4n) is 1.73. The maximum Gasteiger partial charge on any atom is 0.245 e. The van der Waals surface area contributed by atoms with E-state index in [1.807, 2.05) is 11.8 Å². The third-order valence-electron chi connectivity index (χ3n) is 2.89. The van der Waals surface area contributed by atoms with E-state index in [0.717, 1.165) is 19.5 Å². The Balaban J connectivity index is 4.10. The Kier molecular flexibility index (Phi) is 8.06. The molecule has 0 spiro atoms. The Morgan fingerprint density at radius 2 is 2.07 bits per heavy atom. The molecule has 15 heavy (non-hydrogen) atoms. The first kappa shape index (κ1) is 14.2. The van der Waals surface area contributed by atoms with E-state index in [1.165, 1.54) is 25.3 Å².